The summed E-state index contributed by atoms with van der Waals surface area (Å²) in [6.07, 6.45) is 13.9. The molecule has 2 saturated carbocycles. The number of nitrogens with zero attached hydrogens (tertiary/aromatic N) is 6. The van der Waals surface area contributed by atoms with Gasteiger partial charge < -0.3 is 9.88 Å². The van der Waals surface area contributed by atoms with Crippen LogP contribution in [0.1, 0.15) is 72.4 Å². The fraction of sp³-hybridized carbons (Fsp3) is 0.360. The number of carbonyl (C=O) groups is 1. The summed E-state index contributed by atoms with van der Waals surface area (Å²) in [7, 11) is 0. The molecule has 0 unspecified atom stereocenters. The number of nitrogens with one attached hydrogen (secondary N) is 1. The Balaban J connectivity index is 1.12. The lowest BCUT2D eigenvalue weighted by Crippen LogP contribution is -2.30. The van der Waals surface area contributed by atoms with Crippen molar-refractivity contribution in [3.05, 3.63) is 66.1 Å². The molecule has 3 aromatic rings. The SMILES string of the molecule is O=C(NCC1=NC(c2nncn2C2CC2)=CCC1)c1ccnc(-c2ccc(C3CC3)nc2)c1. The molecule has 2 aliphatic carbocycles. The number of amides is 1. The summed E-state index contributed by atoms with van der Waals surface area (Å²) < 4.78 is 2.11. The van der Waals surface area contributed by atoms with Crippen LogP contribution in [0.3, 0.4) is 0 Å². The zero-order valence-electron chi connectivity index (χ0n) is 18.3. The Hall–Kier alpha value is -3.68. The van der Waals surface area contributed by atoms with E-state index in [0.717, 1.165) is 47.0 Å². The summed E-state index contributed by atoms with van der Waals surface area (Å²) in [6.45, 7) is 0.406. The van der Waals surface area contributed by atoms with Gasteiger partial charge in [-0.15, -0.1) is 10.2 Å². The van der Waals surface area contributed by atoms with Crippen molar-refractivity contribution < 1.29 is 4.79 Å². The van der Waals surface area contributed by atoms with Crippen LogP contribution >= 0.6 is 0 Å². The predicted octanol–water partition coefficient (Wildman–Crippen LogP) is 3.95. The van der Waals surface area contributed by atoms with E-state index < -0.39 is 0 Å². The number of pyridine rings is 2. The lowest BCUT2D eigenvalue weighted by Gasteiger charge is -2.14. The molecule has 0 radical (unpaired) electrons. The molecule has 3 aromatic heterocycles. The van der Waals surface area contributed by atoms with E-state index in [9.17, 15) is 4.79 Å². The maximum Gasteiger partial charge on any atom is 0.251 e. The number of hydrogen-bond donors (Lipinski definition) is 1. The van der Waals surface area contributed by atoms with Crippen LogP contribution in [0.15, 0.2) is 54.1 Å². The van der Waals surface area contributed by atoms with E-state index in [1.54, 1.807) is 18.6 Å². The van der Waals surface area contributed by atoms with Gasteiger partial charge in [-0.2, -0.15) is 0 Å². The highest BCUT2D eigenvalue weighted by molar-refractivity contribution is 5.99. The van der Waals surface area contributed by atoms with E-state index in [-0.39, 0.29) is 5.91 Å². The standard InChI is InChI=1S/C25H25N7O/c33-25(17-10-11-26-23(12-17)18-6-9-21(27-13-18)16-4-5-16)28-14-19-2-1-3-22(30-19)24-31-29-15-32(24)20-7-8-20/h3,6,9-13,15-16,20H,1-2,4-5,7-8,14H2,(H,28,33). The molecule has 6 rings (SSSR count). The molecule has 0 bridgehead atoms. The Morgan fingerprint density at radius 1 is 1.12 bits per heavy atom. The average molecular weight is 440 g/mol. The van der Waals surface area contributed by atoms with E-state index in [1.807, 2.05) is 18.3 Å². The van der Waals surface area contributed by atoms with Crippen LogP contribution in [0.25, 0.3) is 17.0 Å². The predicted molar refractivity (Wildman–Crippen MR) is 125 cm³/mol. The highest BCUT2D eigenvalue weighted by Gasteiger charge is 2.28. The Bertz CT molecular complexity index is 1250. The number of carbonyl (C=O) groups excluding carboxylic acids is 1. The number of hydrogen-bond acceptors (Lipinski definition) is 6. The average Bonchev–Trinajstić information content (AvgIpc) is 3.81. The molecule has 1 aliphatic heterocycles. The minimum Gasteiger partial charge on any atom is -0.347 e. The molecule has 8 heteroatoms. The van der Waals surface area contributed by atoms with Gasteiger partial charge in [-0.1, -0.05) is 6.08 Å². The van der Waals surface area contributed by atoms with E-state index >= 15 is 0 Å². The van der Waals surface area contributed by atoms with Gasteiger partial charge in [0.25, 0.3) is 5.91 Å². The summed E-state index contributed by atoms with van der Waals surface area (Å²) in [5.74, 6) is 1.30. The molecule has 166 valence electrons. The third-order valence-electron chi connectivity index (χ3n) is 6.34. The van der Waals surface area contributed by atoms with Crippen LogP contribution < -0.4 is 5.32 Å². The first kappa shape index (κ1) is 20.0. The molecular formula is C25H25N7O. The quantitative estimate of drug-likeness (QED) is 0.601. The van der Waals surface area contributed by atoms with Crippen LogP contribution in [0.2, 0.25) is 0 Å². The minimum absolute atomic E-state index is 0.138. The van der Waals surface area contributed by atoms with Gasteiger partial charge in [0, 0.05) is 46.9 Å². The maximum absolute atomic E-state index is 12.8. The van der Waals surface area contributed by atoms with Gasteiger partial charge in [0.2, 0.25) is 0 Å². The van der Waals surface area contributed by atoms with Crippen LogP contribution in [-0.4, -0.2) is 42.9 Å². The summed E-state index contributed by atoms with van der Waals surface area (Å²) in [4.78, 5) is 26.6. The first-order chi connectivity index (χ1) is 16.2. The Labute approximate surface area is 191 Å². The zero-order chi connectivity index (χ0) is 22.2. The lowest BCUT2D eigenvalue weighted by molar-refractivity contribution is 0.0959. The van der Waals surface area contributed by atoms with Gasteiger partial charge in [-0.25, -0.2) is 0 Å². The second kappa shape index (κ2) is 8.35. The van der Waals surface area contributed by atoms with Crippen LogP contribution in [0, 0.1) is 0 Å². The number of aromatic nitrogens is 5. The van der Waals surface area contributed by atoms with Crippen LogP contribution in [0.5, 0.6) is 0 Å². The number of allylic oxidation sites excluding steroid dienone is 1. The van der Waals surface area contributed by atoms with Crippen molar-refractivity contribution in [2.24, 2.45) is 4.99 Å². The van der Waals surface area contributed by atoms with Crippen molar-refractivity contribution in [3.63, 3.8) is 0 Å². The van der Waals surface area contributed by atoms with Crippen LogP contribution in [0.4, 0.5) is 0 Å². The van der Waals surface area contributed by atoms with Crippen molar-refractivity contribution in [2.75, 3.05) is 6.54 Å². The van der Waals surface area contributed by atoms with E-state index in [0.29, 0.717) is 24.1 Å². The normalized spacial score (nSPS) is 17.9. The van der Waals surface area contributed by atoms with Gasteiger partial charge in [0.1, 0.15) is 12.0 Å². The monoisotopic (exact) mass is 439 g/mol. The highest BCUT2D eigenvalue weighted by atomic mass is 16.1. The first-order valence-electron chi connectivity index (χ1n) is 11.6. The third kappa shape index (κ3) is 4.33. The van der Waals surface area contributed by atoms with E-state index in [4.69, 9.17) is 4.99 Å². The molecule has 8 nitrogen and oxygen atoms in total. The minimum atomic E-state index is -0.138. The van der Waals surface area contributed by atoms with Crippen molar-refractivity contribution >= 4 is 17.3 Å². The van der Waals surface area contributed by atoms with Gasteiger partial charge in [0.05, 0.1) is 12.2 Å². The van der Waals surface area contributed by atoms with Gasteiger partial charge >= 0.3 is 0 Å². The van der Waals surface area contributed by atoms with Crippen molar-refractivity contribution in [3.8, 4) is 11.3 Å². The summed E-state index contributed by atoms with van der Waals surface area (Å²) in [6, 6.07) is 8.15. The topological polar surface area (TPSA) is 98.0 Å². The molecule has 0 atom stereocenters. The summed E-state index contributed by atoms with van der Waals surface area (Å²) in [5.41, 5.74) is 5.18. The Morgan fingerprint density at radius 2 is 2.03 bits per heavy atom. The highest BCUT2D eigenvalue weighted by Crippen LogP contribution is 2.39. The second-order valence-electron chi connectivity index (χ2n) is 8.96. The van der Waals surface area contributed by atoms with Gasteiger partial charge in [-0.05, 0) is 62.8 Å². The van der Waals surface area contributed by atoms with E-state index in [1.165, 1.54) is 25.7 Å². The van der Waals surface area contributed by atoms with Gasteiger partial charge in [-0.3, -0.25) is 19.8 Å². The first-order valence-corrected chi connectivity index (χ1v) is 11.6. The summed E-state index contributed by atoms with van der Waals surface area (Å²) >= 11 is 0. The molecule has 1 amide bonds. The Kier molecular flexibility index (Phi) is 5.05. The van der Waals surface area contributed by atoms with Crippen molar-refractivity contribution in [1.29, 1.82) is 0 Å². The maximum atomic E-state index is 12.8. The molecule has 1 N–H and O–H groups in total. The Morgan fingerprint density at radius 3 is 2.82 bits per heavy atom. The van der Waals surface area contributed by atoms with Crippen molar-refractivity contribution in [1.82, 2.24) is 30.0 Å². The fourth-order valence-electron chi connectivity index (χ4n) is 4.15. The molecule has 2 fully saturated rings. The third-order valence-corrected chi connectivity index (χ3v) is 6.34. The van der Waals surface area contributed by atoms with Crippen molar-refractivity contribution in [2.45, 2.75) is 50.5 Å². The zero-order valence-corrected chi connectivity index (χ0v) is 18.3. The largest absolute Gasteiger partial charge is 0.347 e. The van der Waals surface area contributed by atoms with Crippen LogP contribution in [-0.2, 0) is 0 Å². The molecule has 33 heavy (non-hydrogen) atoms. The molecule has 0 aromatic carbocycles. The second-order valence-corrected chi connectivity index (χ2v) is 8.96. The van der Waals surface area contributed by atoms with E-state index in [2.05, 4.69) is 42.2 Å². The smallest absolute Gasteiger partial charge is 0.251 e. The molecule has 4 heterocycles. The molecular weight excluding hydrogens is 414 g/mol. The summed E-state index contributed by atoms with van der Waals surface area (Å²) in [5, 5.41) is 11.4. The molecule has 0 saturated heterocycles. The number of rotatable bonds is 7. The molecule has 0 spiro atoms. The molecule has 3 aliphatic rings. The van der Waals surface area contributed by atoms with Gasteiger partial charge in [0.15, 0.2) is 5.82 Å². The number of aliphatic imine (C=N–C) groups is 1. The lowest BCUT2D eigenvalue weighted by atomic mass is 10.1. The fourth-order valence-corrected chi connectivity index (χ4v) is 4.15.